The molecule has 0 spiro atoms. The fourth-order valence-electron chi connectivity index (χ4n) is 3.24. The molecule has 2 aromatic rings. The van der Waals surface area contributed by atoms with E-state index in [1.54, 1.807) is 13.3 Å². The molecule has 0 aromatic heterocycles. The van der Waals surface area contributed by atoms with E-state index in [9.17, 15) is 4.79 Å². The van der Waals surface area contributed by atoms with Gasteiger partial charge in [0.15, 0.2) is 11.5 Å². The number of nitrogens with zero attached hydrogens (tertiary/aromatic N) is 2. The lowest BCUT2D eigenvalue weighted by molar-refractivity contribution is 0.0955. The van der Waals surface area contributed by atoms with Gasteiger partial charge < -0.3 is 14.4 Å². The molecule has 6 nitrogen and oxygen atoms in total. The number of anilines is 1. The lowest BCUT2D eigenvalue weighted by atomic mass is 10.2. The van der Waals surface area contributed by atoms with Crippen molar-refractivity contribution in [1.29, 1.82) is 0 Å². The van der Waals surface area contributed by atoms with Crippen molar-refractivity contribution >= 4 is 40.4 Å². The highest BCUT2D eigenvalue weighted by molar-refractivity contribution is 14.1. The van der Waals surface area contributed by atoms with Crippen LogP contribution in [0.2, 0.25) is 0 Å². The number of rotatable bonds is 8. The van der Waals surface area contributed by atoms with E-state index in [0.29, 0.717) is 11.3 Å². The van der Waals surface area contributed by atoms with E-state index in [4.69, 9.17) is 9.47 Å². The van der Waals surface area contributed by atoms with Gasteiger partial charge in [-0.25, -0.2) is 5.43 Å². The molecule has 0 bridgehead atoms. The molecule has 0 unspecified atom stereocenters. The molecule has 0 aliphatic carbocycles. The first kappa shape index (κ1) is 22.4. The van der Waals surface area contributed by atoms with Gasteiger partial charge in [0, 0.05) is 24.3 Å². The van der Waals surface area contributed by atoms with E-state index in [2.05, 4.69) is 44.9 Å². The normalized spacial score (nSPS) is 14.7. The number of carbonyl (C=O) groups excluding carboxylic acids is 1. The Balaban J connectivity index is 1.64. The Morgan fingerprint density at radius 3 is 2.60 bits per heavy atom. The second kappa shape index (κ2) is 10.7. The Kier molecular flexibility index (Phi) is 7.95. The summed E-state index contributed by atoms with van der Waals surface area (Å²) in [5.74, 6) is 1.14. The van der Waals surface area contributed by atoms with Crippen LogP contribution in [0.25, 0.3) is 0 Å². The minimum atomic E-state index is -0.238. The number of hydrogen-bond donors (Lipinski definition) is 1. The minimum Gasteiger partial charge on any atom is -0.493 e. The third-order valence-corrected chi connectivity index (χ3v) is 5.93. The van der Waals surface area contributed by atoms with Crippen LogP contribution in [0.5, 0.6) is 11.5 Å². The standard InChI is InChI=1S/C23H28IN3O3/c1-4-16(2)30-22-20(24)13-17(14-21(22)29-3)15-25-26-23(28)18-7-9-19(10-8-18)27-11-5-6-12-27/h7-10,13-16H,4-6,11-12H2,1-3H3,(H,26,28)/b25-15-/t16-/m0/s1. The van der Waals surface area contributed by atoms with Crippen molar-refractivity contribution in [3.63, 3.8) is 0 Å². The zero-order valence-corrected chi connectivity index (χ0v) is 19.8. The van der Waals surface area contributed by atoms with Crippen LogP contribution >= 0.6 is 22.6 Å². The molecule has 1 aliphatic rings. The highest BCUT2D eigenvalue weighted by Crippen LogP contribution is 2.34. The second-order valence-corrected chi connectivity index (χ2v) is 8.47. The molecule has 1 atom stereocenters. The molecule has 1 heterocycles. The first-order valence-electron chi connectivity index (χ1n) is 10.2. The maximum Gasteiger partial charge on any atom is 0.271 e. The van der Waals surface area contributed by atoms with Crippen molar-refractivity contribution in [2.75, 3.05) is 25.1 Å². The summed E-state index contributed by atoms with van der Waals surface area (Å²) in [6, 6.07) is 11.5. The number of hydrogen-bond acceptors (Lipinski definition) is 5. The van der Waals surface area contributed by atoms with E-state index in [0.717, 1.165) is 40.1 Å². The highest BCUT2D eigenvalue weighted by Gasteiger charge is 2.14. The van der Waals surface area contributed by atoms with Gasteiger partial charge >= 0.3 is 0 Å². The van der Waals surface area contributed by atoms with Gasteiger partial charge in [0.1, 0.15) is 0 Å². The molecule has 3 rings (SSSR count). The summed E-state index contributed by atoms with van der Waals surface area (Å²) < 4.78 is 12.4. The third-order valence-electron chi connectivity index (χ3n) is 5.13. The van der Waals surface area contributed by atoms with Crippen molar-refractivity contribution < 1.29 is 14.3 Å². The molecule has 0 saturated carbocycles. The fraction of sp³-hybridized carbons (Fsp3) is 0.391. The van der Waals surface area contributed by atoms with E-state index in [1.807, 2.05) is 43.3 Å². The minimum absolute atomic E-state index is 0.100. The van der Waals surface area contributed by atoms with E-state index >= 15 is 0 Å². The number of benzene rings is 2. The smallest absolute Gasteiger partial charge is 0.271 e. The molecule has 1 saturated heterocycles. The largest absolute Gasteiger partial charge is 0.493 e. The van der Waals surface area contributed by atoms with Crippen molar-refractivity contribution in [1.82, 2.24) is 5.43 Å². The molecule has 2 aromatic carbocycles. The monoisotopic (exact) mass is 521 g/mol. The van der Waals surface area contributed by atoms with Crippen molar-refractivity contribution in [2.45, 2.75) is 39.2 Å². The van der Waals surface area contributed by atoms with E-state index in [-0.39, 0.29) is 12.0 Å². The van der Waals surface area contributed by atoms with Crippen molar-refractivity contribution in [3.05, 3.63) is 51.1 Å². The van der Waals surface area contributed by atoms with Crippen LogP contribution in [0, 0.1) is 3.57 Å². The number of hydrazone groups is 1. The molecule has 1 amide bonds. The average molecular weight is 521 g/mol. The summed E-state index contributed by atoms with van der Waals surface area (Å²) >= 11 is 2.22. The Bertz CT molecular complexity index is 893. The van der Waals surface area contributed by atoms with Gasteiger partial charge in [-0.2, -0.15) is 5.10 Å². The number of amides is 1. The van der Waals surface area contributed by atoms with E-state index in [1.165, 1.54) is 12.8 Å². The molecule has 1 fully saturated rings. The summed E-state index contributed by atoms with van der Waals surface area (Å²) in [6.07, 6.45) is 5.07. The molecule has 160 valence electrons. The topological polar surface area (TPSA) is 63.2 Å². The molecule has 1 aliphatic heterocycles. The molecule has 7 heteroatoms. The molecule has 1 N–H and O–H groups in total. The summed E-state index contributed by atoms with van der Waals surface area (Å²) in [4.78, 5) is 14.7. The molecule has 0 radical (unpaired) electrons. The Labute approximate surface area is 191 Å². The van der Waals surface area contributed by atoms with Gasteiger partial charge in [-0.15, -0.1) is 0 Å². The van der Waals surface area contributed by atoms with Crippen LogP contribution in [0.15, 0.2) is 41.5 Å². The second-order valence-electron chi connectivity index (χ2n) is 7.31. The first-order chi connectivity index (χ1) is 14.5. The summed E-state index contributed by atoms with van der Waals surface area (Å²) in [7, 11) is 1.61. The predicted octanol–water partition coefficient (Wildman–Crippen LogP) is 4.84. The van der Waals surface area contributed by atoms with E-state index < -0.39 is 0 Å². The predicted molar refractivity (Wildman–Crippen MR) is 129 cm³/mol. The van der Waals surface area contributed by atoms with Crippen LogP contribution in [0.1, 0.15) is 49.0 Å². The van der Waals surface area contributed by atoms with Gasteiger partial charge in [0.05, 0.1) is 23.0 Å². The van der Waals surface area contributed by atoms with Crippen LogP contribution < -0.4 is 19.8 Å². The van der Waals surface area contributed by atoms with Gasteiger partial charge in [-0.05, 0) is 90.7 Å². The van der Waals surface area contributed by atoms with Gasteiger partial charge in [-0.1, -0.05) is 6.92 Å². The van der Waals surface area contributed by atoms with Crippen LogP contribution in [-0.2, 0) is 0 Å². The molecule has 30 heavy (non-hydrogen) atoms. The van der Waals surface area contributed by atoms with Crippen LogP contribution in [0.3, 0.4) is 0 Å². The van der Waals surface area contributed by atoms with Gasteiger partial charge in [0.25, 0.3) is 5.91 Å². The van der Waals surface area contributed by atoms with Crippen LogP contribution in [0.4, 0.5) is 5.69 Å². The quantitative estimate of drug-likeness (QED) is 0.307. The lowest BCUT2D eigenvalue weighted by Gasteiger charge is -2.17. The zero-order chi connectivity index (χ0) is 21.5. The summed E-state index contributed by atoms with van der Waals surface area (Å²) in [6.45, 7) is 6.27. The third kappa shape index (κ3) is 5.65. The van der Waals surface area contributed by atoms with Gasteiger partial charge in [0.2, 0.25) is 0 Å². The average Bonchev–Trinajstić information content (AvgIpc) is 3.30. The molecular weight excluding hydrogens is 493 g/mol. The lowest BCUT2D eigenvalue weighted by Crippen LogP contribution is -2.19. The number of halogens is 1. The molecular formula is C23H28IN3O3. The van der Waals surface area contributed by atoms with Gasteiger partial charge in [-0.3, -0.25) is 4.79 Å². The maximum absolute atomic E-state index is 12.4. The number of ether oxygens (including phenoxy) is 2. The van der Waals surface area contributed by atoms with Crippen molar-refractivity contribution in [2.24, 2.45) is 5.10 Å². The number of methoxy groups -OCH3 is 1. The fourth-order valence-corrected chi connectivity index (χ4v) is 3.99. The van der Waals surface area contributed by atoms with Crippen molar-refractivity contribution in [3.8, 4) is 11.5 Å². The first-order valence-corrected chi connectivity index (χ1v) is 11.3. The highest BCUT2D eigenvalue weighted by atomic mass is 127. The number of nitrogens with one attached hydrogen (secondary N) is 1. The SMILES string of the molecule is CC[C@H](C)Oc1c(I)cc(/C=N\NC(=O)c2ccc(N3CCCC3)cc2)cc1OC. The zero-order valence-electron chi connectivity index (χ0n) is 17.7. The summed E-state index contributed by atoms with van der Waals surface area (Å²) in [5, 5.41) is 4.11. The maximum atomic E-state index is 12.4. The Hall–Kier alpha value is -2.29. The Morgan fingerprint density at radius 2 is 1.97 bits per heavy atom. The number of carbonyl (C=O) groups is 1. The van der Waals surface area contributed by atoms with Crippen LogP contribution in [-0.4, -0.2) is 38.4 Å². The Morgan fingerprint density at radius 1 is 1.27 bits per heavy atom. The summed E-state index contributed by atoms with van der Waals surface area (Å²) in [5.41, 5.74) is 5.15.